The molecule has 1 heterocycles. The molecule has 1 aromatic carbocycles. The molecule has 0 radical (unpaired) electrons. The van der Waals surface area contributed by atoms with Crippen LogP contribution in [0.15, 0.2) is 35.4 Å². The molecule has 0 fully saturated rings. The molecule has 0 aromatic heterocycles. The van der Waals surface area contributed by atoms with E-state index < -0.39 is 0 Å². The normalized spacial score (nSPS) is 14.1. The fourth-order valence-corrected chi connectivity index (χ4v) is 1.93. The van der Waals surface area contributed by atoms with Crippen LogP contribution in [0.4, 0.5) is 0 Å². The van der Waals surface area contributed by atoms with Gasteiger partial charge in [0.05, 0.1) is 25.3 Å². The molecule has 1 aliphatic heterocycles. The smallest absolute Gasteiger partial charge is 0.256 e. The highest BCUT2D eigenvalue weighted by Crippen LogP contribution is 2.13. The summed E-state index contributed by atoms with van der Waals surface area (Å²) in [5.74, 6) is -0.271. The molecule has 0 bridgehead atoms. The van der Waals surface area contributed by atoms with Gasteiger partial charge in [0, 0.05) is 13.5 Å². The second-order valence-electron chi connectivity index (χ2n) is 4.46. The number of carbonyl (C=O) groups is 2. The lowest BCUT2D eigenvalue weighted by Gasteiger charge is -2.11. The number of hydrogen-bond donors (Lipinski definition) is 2. The first-order chi connectivity index (χ1) is 9.70. The molecule has 2 rings (SSSR count). The first-order valence-corrected chi connectivity index (χ1v) is 6.55. The molecule has 0 aliphatic carbocycles. The molecule has 2 N–H and O–H groups in total. The standard InChI is InChI=1S/C14H18N4O2/c1-15-13(19)9-16-10-14(20)18-8-7-12(17-18)11-5-3-2-4-6-11/h2-6,16H,7-10H2,1H3,(H,15,19). The predicted molar refractivity (Wildman–Crippen MR) is 76.2 cm³/mol. The van der Waals surface area contributed by atoms with Gasteiger partial charge >= 0.3 is 0 Å². The Balaban J connectivity index is 1.87. The summed E-state index contributed by atoms with van der Waals surface area (Å²) >= 11 is 0. The SMILES string of the molecule is CNC(=O)CNCC(=O)N1CCC(c2ccccc2)=N1. The van der Waals surface area contributed by atoms with E-state index in [0.29, 0.717) is 6.54 Å². The van der Waals surface area contributed by atoms with E-state index in [1.54, 1.807) is 7.05 Å². The lowest BCUT2D eigenvalue weighted by Crippen LogP contribution is -2.38. The zero-order valence-electron chi connectivity index (χ0n) is 11.4. The van der Waals surface area contributed by atoms with Gasteiger partial charge in [-0.3, -0.25) is 14.9 Å². The average molecular weight is 274 g/mol. The Morgan fingerprint density at radius 1 is 1.25 bits per heavy atom. The van der Waals surface area contributed by atoms with Crippen LogP contribution >= 0.6 is 0 Å². The van der Waals surface area contributed by atoms with Crippen molar-refractivity contribution < 1.29 is 9.59 Å². The molecule has 106 valence electrons. The number of benzene rings is 1. The van der Waals surface area contributed by atoms with Gasteiger partial charge in [0.1, 0.15) is 0 Å². The molecule has 1 aromatic rings. The molecule has 6 nitrogen and oxygen atoms in total. The van der Waals surface area contributed by atoms with Crippen molar-refractivity contribution in [2.45, 2.75) is 6.42 Å². The summed E-state index contributed by atoms with van der Waals surface area (Å²) in [4.78, 5) is 22.9. The molecule has 1 aliphatic rings. The van der Waals surface area contributed by atoms with Crippen LogP contribution in [0.2, 0.25) is 0 Å². The number of amides is 2. The number of carbonyl (C=O) groups excluding carboxylic acids is 2. The Labute approximate surface area is 117 Å². The van der Waals surface area contributed by atoms with E-state index in [2.05, 4.69) is 15.7 Å². The van der Waals surface area contributed by atoms with Gasteiger partial charge in [-0.2, -0.15) is 5.10 Å². The van der Waals surface area contributed by atoms with Crippen molar-refractivity contribution in [3.05, 3.63) is 35.9 Å². The fraction of sp³-hybridized carbons (Fsp3) is 0.357. The Morgan fingerprint density at radius 3 is 2.70 bits per heavy atom. The topological polar surface area (TPSA) is 73.8 Å². The second-order valence-corrected chi connectivity index (χ2v) is 4.46. The summed E-state index contributed by atoms with van der Waals surface area (Å²) in [5.41, 5.74) is 1.96. The highest BCUT2D eigenvalue weighted by Gasteiger charge is 2.21. The summed E-state index contributed by atoms with van der Waals surface area (Å²) in [6.07, 6.45) is 0.755. The van der Waals surface area contributed by atoms with E-state index in [1.807, 2.05) is 30.3 Å². The van der Waals surface area contributed by atoms with Crippen molar-refractivity contribution in [2.75, 3.05) is 26.7 Å². The van der Waals surface area contributed by atoms with Crippen LogP contribution < -0.4 is 10.6 Å². The molecule has 0 spiro atoms. The molecule has 0 saturated carbocycles. The number of likely N-dealkylation sites (N-methyl/N-ethyl adjacent to an activating group) is 1. The third-order valence-corrected chi connectivity index (χ3v) is 3.04. The quantitative estimate of drug-likeness (QED) is 0.791. The lowest BCUT2D eigenvalue weighted by molar-refractivity contribution is -0.129. The highest BCUT2D eigenvalue weighted by molar-refractivity contribution is 6.02. The first kappa shape index (κ1) is 14.2. The third kappa shape index (κ3) is 3.64. The van der Waals surface area contributed by atoms with Crippen molar-refractivity contribution >= 4 is 17.5 Å². The number of hydrazone groups is 1. The van der Waals surface area contributed by atoms with Gasteiger partial charge < -0.3 is 5.32 Å². The van der Waals surface area contributed by atoms with E-state index in [0.717, 1.165) is 17.7 Å². The van der Waals surface area contributed by atoms with E-state index in [-0.39, 0.29) is 24.9 Å². The molecular weight excluding hydrogens is 256 g/mol. The predicted octanol–water partition coefficient (Wildman–Crippen LogP) is -0.0414. The largest absolute Gasteiger partial charge is 0.358 e. The Bertz CT molecular complexity index is 513. The molecule has 20 heavy (non-hydrogen) atoms. The second kappa shape index (κ2) is 6.81. The summed E-state index contributed by atoms with van der Waals surface area (Å²) < 4.78 is 0. The van der Waals surface area contributed by atoms with Gasteiger partial charge in [0.25, 0.3) is 5.91 Å². The maximum Gasteiger partial charge on any atom is 0.256 e. The van der Waals surface area contributed by atoms with Crippen LogP contribution in [0, 0.1) is 0 Å². The van der Waals surface area contributed by atoms with Crippen LogP contribution in [0.3, 0.4) is 0 Å². The van der Waals surface area contributed by atoms with Crippen LogP contribution in [-0.2, 0) is 9.59 Å². The van der Waals surface area contributed by atoms with Crippen molar-refractivity contribution in [1.29, 1.82) is 0 Å². The van der Waals surface area contributed by atoms with E-state index in [9.17, 15) is 9.59 Å². The number of rotatable bonds is 5. The Kier molecular flexibility index (Phi) is 4.84. The molecular formula is C14H18N4O2. The summed E-state index contributed by atoms with van der Waals surface area (Å²) in [5, 5.41) is 11.1. The highest BCUT2D eigenvalue weighted by atomic mass is 16.2. The van der Waals surface area contributed by atoms with Gasteiger partial charge in [-0.1, -0.05) is 30.3 Å². The van der Waals surface area contributed by atoms with E-state index in [1.165, 1.54) is 5.01 Å². The molecule has 0 saturated heterocycles. The lowest BCUT2D eigenvalue weighted by atomic mass is 10.1. The zero-order valence-corrected chi connectivity index (χ0v) is 11.4. The molecule has 2 amide bonds. The van der Waals surface area contributed by atoms with Gasteiger partial charge in [-0.05, 0) is 5.56 Å². The Morgan fingerprint density at radius 2 is 2.00 bits per heavy atom. The number of nitrogens with zero attached hydrogens (tertiary/aromatic N) is 2. The fourth-order valence-electron chi connectivity index (χ4n) is 1.93. The molecule has 6 heteroatoms. The van der Waals surface area contributed by atoms with E-state index in [4.69, 9.17) is 0 Å². The maximum atomic E-state index is 11.9. The van der Waals surface area contributed by atoms with Crippen LogP contribution in [-0.4, -0.2) is 49.2 Å². The average Bonchev–Trinajstić information content (AvgIpc) is 2.97. The summed E-state index contributed by atoms with van der Waals surface area (Å²) in [7, 11) is 1.56. The third-order valence-electron chi connectivity index (χ3n) is 3.04. The van der Waals surface area contributed by atoms with E-state index >= 15 is 0 Å². The number of hydrogen-bond acceptors (Lipinski definition) is 4. The van der Waals surface area contributed by atoms with Gasteiger partial charge in [-0.25, -0.2) is 5.01 Å². The van der Waals surface area contributed by atoms with Gasteiger partial charge in [-0.15, -0.1) is 0 Å². The minimum absolute atomic E-state index is 0.110. The van der Waals surface area contributed by atoms with Crippen molar-refractivity contribution in [3.8, 4) is 0 Å². The summed E-state index contributed by atoms with van der Waals surface area (Å²) in [6.45, 7) is 0.828. The Hall–Kier alpha value is -2.21. The molecule has 0 atom stereocenters. The van der Waals surface area contributed by atoms with Crippen molar-refractivity contribution in [2.24, 2.45) is 5.10 Å². The van der Waals surface area contributed by atoms with Crippen LogP contribution in [0.25, 0.3) is 0 Å². The molecule has 0 unspecified atom stereocenters. The summed E-state index contributed by atoms with van der Waals surface area (Å²) in [6, 6.07) is 9.82. The van der Waals surface area contributed by atoms with Crippen molar-refractivity contribution in [3.63, 3.8) is 0 Å². The van der Waals surface area contributed by atoms with Crippen LogP contribution in [0.1, 0.15) is 12.0 Å². The maximum absolute atomic E-state index is 11.9. The minimum atomic E-state index is -0.146. The zero-order chi connectivity index (χ0) is 14.4. The minimum Gasteiger partial charge on any atom is -0.358 e. The van der Waals surface area contributed by atoms with Gasteiger partial charge in [0.15, 0.2) is 0 Å². The van der Waals surface area contributed by atoms with Gasteiger partial charge in [0.2, 0.25) is 5.91 Å². The van der Waals surface area contributed by atoms with Crippen molar-refractivity contribution in [1.82, 2.24) is 15.6 Å². The number of nitrogens with one attached hydrogen (secondary N) is 2. The monoisotopic (exact) mass is 274 g/mol. The van der Waals surface area contributed by atoms with Crippen LogP contribution in [0.5, 0.6) is 0 Å². The first-order valence-electron chi connectivity index (χ1n) is 6.55.